The van der Waals surface area contributed by atoms with Gasteiger partial charge < -0.3 is 9.47 Å². The summed E-state index contributed by atoms with van der Waals surface area (Å²) in [5, 5.41) is 21.4. The molecule has 0 N–H and O–H groups in total. The van der Waals surface area contributed by atoms with E-state index in [4.69, 9.17) is 0 Å². The van der Waals surface area contributed by atoms with Crippen molar-refractivity contribution in [1.29, 1.82) is 0 Å². The molecule has 0 aliphatic rings. The molecule has 0 saturated carbocycles. The van der Waals surface area contributed by atoms with Crippen LogP contribution in [0.2, 0.25) is 0 Å². The summed E-state index contributed by atoms with van der Waals surface area (Å²) in [6.07, 6.45) is -1.15. The van der Waals surface area contributed by atoms with Gasteiger partial charge in [0.1, 0.15) is 0 Å². The lowest BCUT2D eigenvalue weighted by atomic mass is 10.2. The van der Waals surface area contributed by atoms with E-state index in [1.54, 1.807) is 13.8 Å². The SMILES string of the molecule is CC(C)COC(=O)Oc1cc([N+](=O)[O-])ccc1[N+](=O)[O-]. The molecule has 0 bridgehead atoms. The molecule has 1 aromatic rings. The van der Waals surface area contributed by atoms with Crippen molar-refractivity contribution in [2.45, 2.75) is 13.8 Å². The maximum absolute atomic E-state index is 11.3. The van der Waals surface area contributed by atoms with E-state index >= 15 is 0 Å². The van der Waals surface area contributed by atoms with Crippen molar-refractivity contribution < 1.29 is 24.1 Å². The third kappa shape index (κ3) is 4.19. The van der Waals surface area contributed by atoms with Crippen LogP contribution in [0.4, 0.5) is 16.2 Å². The Morgan fingerprint density at radius 2 is 1.90 bits per heavy atom. The van der Waals surface area contributed by atoms with Gasteiger partial charge in [0, 0.05) is 12.1 Å². The summed E-state index contributed by atoms with van der Waals surface area (Å²) in [5.41, 5.74) is -0.987. The number of carbonyl (C=O) groups is 1. The average molecular weight is 284 g/mol. The standard InChI is InChI=1S/C11H12N2O7/c1-7(2)6-19-11(14)20-10-5-8(12(15)16)3-4-9(10)13(17)18/h3-5,7H,6H2,1-2H3. The molecule has 0 saturated heterocycles. The lowest BCUT2D eigenvalue weighted by Gasteiger charge is -2.07. The van der Waals surface area contributed by atoms with Gasteiger partial charge in [-0.2, -0.15) is 0 Å². The maximum Gasteiger partial charge on any atom is 0.514 e. The van der Waals surface area contributed by atoms with Crippen molar-refractivity contribution in [2.75, 3.05) is 6.61 Å². The zero-order chi connectivity index (χ0) is 15.3. The van der Waals surface area contributed by atoms with Crippen molar-refractivity contribution in [2.24, 2.45) is 5.92 Å². The number of carbonyl (C=O) groups excluding carboxylic acids is 1. The molecule has 0 heterocycles. The summed E-state index contributed by atoms with van der Waals surface area (Å²) in [5.74, 6) is -0.472. The zero-order valence-corrected chi connectivity index (χ0v) is 10.8. The third-order valence-corrected chi connectivity index (χ3v) is 2.08. The van der Waals surface area contributed by atoms with Crippen LogP contribution in [0.15, 0.2) is 18.2 Å². The largest absolute Gasteiger partial charge is 0.514 e. The second kappa shape index (κ2) is 6.45. The number of benzene rings is 1. The van der Waals surface area contributed by atoms with Crippen LogP contribution in [-0.2, 0) is 4.74 Å². The predicted octanol–water partition coefficient (Wildman–Crippen LogP) is 2.67. The molecule has 20 heavy (non-hydrogen) atoms. The van der Waals surface area contributed by atoms with Crippen LogP contribution >= 0.6 is 0 Å². The molecule has 0 spiro atoms. The summed E-state index contributed by atoms with van der Waals surface area (Å²) in [6.45, 7) is 3.66. The van der Waals surface area contributed by atoms with E-state index in [-0.39, 0.29) is 12.5 Å². The molecule has 108 valence electrons. The Kier molecular flexibility index (Phi) is 4.95. The van der Waals surface area contributed by atoms with Gasteiger partial charge in [-0.15, -0.1) is 0 Å². The number of rotatable bonds is 5. The number of hydrogen-bond donors (Lipinski definition) is 0. The summed E-state index contributed by atoms with van der Waals surface area (Å²) >= 11 is 0. The van der Waals surface area contributed by atoms with Gasteiger partial charge in [0.15, 0.2) is 0 Å². The second-order valence-electron chi connectivity index (χ2n) is 4.22. The average Bonchev–Trinajstić information content (AvgIpc) is 2.35. The monoisotopic (exact) mass is 284 g/mol. The molecule has 0 radical (unpaired) electrons. The van der Waals surface area contributed by atoms with E-state index in [0.29, 0.717) is 0 Å². The quantitative estimate of drug-likeness (QED) is 0.352. The fourth-order valence-corrected chi connectivity index (χ4v) is 1.20. The fourth-order valence-electron chi connectivity index (χ4n) is 1.20. The Morgan fingerprint density at radius 1 is 1.25 bits per heavy atom. The zero-order valence-electron chi connectivity index (χ0n) is 10.8. The molecular weight excluding hydrogens is 272 g/mol. The minimum Gasteiger partial charge on any atom is -0.434 e. The van der Waals surface area contributed by atoms with Crippen molar-refractivity contribution in [3.8, 4) is 5.75 Å². The highest BCUT2D eigenvalue weighted by atomic mass is 16.7. The molecule has 1 aromatic carbocycles. The number of hydrogen-bond acceptors (Lipinski definition) is 7. The Labute approximate surface area is 113 Å². The molecular formula is C11H12N2O7. The highest BCUT2D eigenvalue weighted by molar-refractivity contribution is 5.67. The highest BCUT2D eigenvalue weighted by Crippen LogP contribution is 2.31. The number of nitrogens with zero attached hydrogens (tertiary/aromatic N) is 2. The summed E-state index contributed by atoms with van der Waals surface area (Å²) < 4.78 is 9.33. The molecule has 9 heteroatoms. The molecule has 0 aromatic heterocycles. The lowest BCUT2D eigenvalue weighted by molar-refractivity contribution is -0.389. The lowest BCUT2D eigenvalue weighted by Crippen LogP contribution is -2.15. The second-order valence-corrected chi connectivity index (χ2v) is 4.22. The van der Waals surface area contributed by atoms with E-state index in [1.807, 2.05) is 0 Å². The van der Waals surface area contributed by atoms with Crippen molar-refractivity contribution >= 4 is 17.5 Å². The topological polar surface area (TPSA) is 122 Å². The summed E-state index contributed by atoms with van der Waals surface area (Å²) in [7, 11) is 0. The first-order valence-corrected chi connectivity index (χ1v) is 5.58. The molecule has 0 fully saturated rings. The van der Waals surface area contributed by atoms with Crippen LogP contribution in [0.3, 0.4) is 0 Å². The van der Waals surface area contributed by atoms with Crippen LogP contribution in [0, 0.1) is 26.1 Å². The number of nitro benzene ring substituents is 2. The molecule has 0 atom stereocenters. The molecule has 1 rings (SSSR count). The molecule has 0 aliphatic heterocycles. The first-order valence-electron chi connectivity index (χ1n) is 5.58. The van der Waals surface area contributed by atoms with Gasteiger partial charge in [-0.25, -0.2) is 4.79 Å². The summed E-state index contributed by atoms with van der Waals surface area (Å²) in [6, 6.07) is 2.64. The number of non-ortho nitro benzene ring substituents is 1. The van der Waals surface area contributed by atoms with Gasteiger partial charge in [-0.1, -0.05) is 13.8 Å². The van der Waals surface area contributed by atoms with Crippen LogP contribution in [0.1, 0.15) is 13.8 Å². The van der Waals surface area contributed by atoms with Gasteiger partial charge in [0.2, 0.25) is 5.75 Å². The molecule has 0 amide bonds. The van der Waals surface area contributed by atoms with E-state index in [0.717, 1.165) is 18.2 Å². The van der Waals surface area contributed by atoms with Gasteiger partial charge in [-0.3, -0.25) is 20.2 Å². The maximum atomic E-state index is 11.3. The number of nitro groups is 2. The van der Waals surface area contributed by atoms with Crippen molar-refractivity contribution in [3.63, 3.8) is 0 Å². The number of ether oxygens (including phenoxy) is 2. The first kappa shape index (κ1) is 15.3. The minimum atomic E-state index is -1.15. The van der Waals surface area contributed by atoms with Gasteiger partial charge in [0.25, 0.3) is 5.69 Å². The van der Waals surface area contributed by atoms with Crippen molar-refractivity contribution in [1.82, 2.24) is 0 Å². The Hall–Kier alpha value is -2.71. The molecule has 0 aliphatic carbocycles. The van der Waals surface area contributed by atoms with Gasteiger partial charge >= 0.3 is 11.8 Å². The van der Waals surface area contributed by atoms with Crippen LogP contribution in [0.25, 0.3) is 0 Å². The van der Waals surface area contributed by atoms with E-state index in [1.165, 1.54) is 0 Å². The highest BCUT2D eigenvalue weighted by Gasteiger charge is 2.22. The minimum absolute atomic E-state index is 0.0580. The van der Waals surface area contributed by atoms with E-state index in [9.17, 15) is 25.0 Å². The van der Waals surface area contributed by atoms with E-state index < -0.39 is 33.1 Å². The van der Waals surface area contributed by atoms with Crippen molar-refractivity contribution in [3.05, 3.63) is 38.4 Å². The van der Waals surface area contributed by atoms with Crippen LogP contribution < -0.4 is 4.74 Å². The Morgan fingerprint density at radius 3 is 2.40 bits per heavy atom. The van der Waals surface area contributed by atoms with E-state index in [2.05, 4.69) is 9.47 Å². The first-order chi connectivity index (χ1) is 9.31. The Bertz CT molecular complexity index is 542. The van der Waals surface area contributed by atoms with Crippen LogP contribution in [0.5, 0.6) is 5.75 Å². The smallest absolute Gasteiger partial charge is 0.434 e. The molecule has 0 unspecified atom stereocenters. The molecule has 9 nitrogen and oxygen atoms in total. The fraction of sp³-hybridized carbons (Fsp3) is 0.364. The van der Waals surface area contributed by atoms with Gasteiger partial charge in [-0.05, 0) is 5.92 Å². The predicted molar refractivity (Wildman–Crippen MR) is 66.6 cm³/mol. The normalized spacial score (nSPS) is 10.2. The van der Waals surface area contributed by atoms with Gasteiger partial charge in [0.05, 0.1) is 22.5 Å². The third-order valence-electron chi connectivity index (χ3n) is 2.08. The Balaban J connectivity index is 2.95. The van der Waals surface area contributed by atoms with Crippen LogP contribution in [-0.4, -0.2) is 22.6 Å². The summed E-state index contributed by atoms with van der Waals surface area (Å²) in [4.78, 5) is 31.1.